The highest BCUT2D eigenvalue weighted by Gasteiger charge is 2.19. The van der Waals surface area contributed by atoms with Crippen LogP contribution in [0.3, 0.4) is 0 Å². The van der Waals surface area contributed by atoms with Crippen molar-refractivity contribution in [1.82, 2.24) is 14.9 Å². The van der Waals surface area contributed by atoms with Crippen LogP contribution < -0.4 is 10.9 Å². The number of para-hydroxylation sites is 1. The van der Waals surface area contributed by atoms with E-state index in [4.69, 9.17) is 4.98 Å². The Bertz CT molecular complexity index is 1260. The minimum atomic E-state index is -0.388. The summed E-state index contributed by atoms with van der Waals surface area (Å²) in [6.07, 6.45) is 0.775. The molecule has 0 saturated carbocycles. The molecule has 1 N–H and O–H groups in total. The molecule has 0 saturated heterocycles. The van der Waals surface area contributed by atoms with Gasteiger partial charge in [-0.15, -0.1) is 0 Å². The van der Waals surface area contributed by atoms with Crippen LogP contribution in [-0.4, -0.2) is 27.3 Å². The second-order valence-electron chi connectivity index (χ2n) is 7.58. The van der Waals surface area contributed by atoms with E-state index >= 15 is 0 Å². The predicted octanol–water partition coefficient (Wildman–Crippen LogP) is 4.28. The van der Waals surface area contributed by atoms with Crippen molar-refractivity contribution in [3.05, 3.63) is 106 Å². The van der Waals surface area contributed by atoms with E-state index in [1.165, 1.54) is 17.3 Å². The lowest BCUT2D eigenvalue weighted by Gasteiger charge is -2.16. The molecule has 1 amide bonds. The van der Waals surface area contributed by atoms with Crippen LogP contribution in [0.15, 0.2) is 94.9 Å². The Morgan fingerprint density at radius 1 is 0.938 bits per heavy atom. The van der Waals surface area contributed by atoms with E-state index in [-0.39, 0.29) is 16.7 Å². The number of thioether (sulfide) groups is 1. The molecule has 4 rings (SSSR count). The third kappa shape index (κ3) is 5.26. The molecule has 5 nitrogen and oxygen atoms in total. The summed E-state index contributed by atoms with van der Waals surface area (Å²) in [5.74, 6) is -0.0698. The van der Waals surface area contributed by atoms with Gasteiger partial charge in [0.2, 0.25) is 5.91 Å². The number of benzene rings is 3. The van der Waals surface area contributed by atoms with Crippen LogP contribution in [0.25, 0.3) is 10.9 Å². The highest BCUT2D eigenvalue weighted by atomic mass is 32.2. The summed E-state index contributed by atoms with van der Waals surface area (Å²) in [6.45, 7) is 2.81. The fourth-order valence-corrected chi connectivity index (χ4v) is 4.41. The van der Waals surface area contributed by atoms with Crippen LogP contribution in [0.5, 0.6) is 0 Å². The van der Waals surface area contributed by atoms with Gasteiger partial charge >= 0.3 is 0 Å². The lowest BCUT2D eigenvalue weighted by atomic mass is 10.1. The monoisotopic (exact) mass is 443 g/mol. The van der Waals surface area contributed by atoms with Gasteiger partial charge in [0.05, 0.1) is 22.7 Å². The third-order valence-corrected chi connectivity index (χ3v) is 6.31. The summed E-state index contributed by atoms with van der Waals surface area (Å²) in [5, 5.41) is 3.73. The van der Waals surface area contributed by atoms with E-state index in [9.17, 15) is 9.59 Å². The molecule has 0 aliphatic heterocycles. The third-order valence-electron chi connectivity index (χ3n) is 5.22. The van der Waals surface area contributed by atoms with E-state index in [2.05, 4.69) is 5.32 Å². The molecule has 162 valence electrons. The molecule has 1 atom stereocenters. The van der Waals surface area contributed by atoms with Crippen molar-refractivity contribution < 1.29 is 4.79 Å². The van der Waals surface area contributed by atoms with Gasteiger partial charge in [-0.25, -0.2) is 4.98 Å². The molecule has 0 bridgehead atoms. The van der Waals surface area contributed by atoms with Crippen molar-refractivity contribution in [3.63, 3.8) is 0 Å². The van der Waals surface area contributed by atoms with Crippen molar-refractivity contribution >= 4 is 28.6 Å². The first kappa shape index (κ1) is 21.8. The summed E-state index contributed by atoms with van der Waals surface area (Å²) in [6, 6.07) is 27.2. The Kier molecular flexibility index (Phi) is 7.02. The second kappa shape index (κ2) is 10.3. The summed E-state index contributed by atoms with van der Waals surface area (Å²) < 4.78 is 1.66. The van der Waals surface area contributed by atoms with Gasteiger partial charge in [-0.2, -0.15) is 0 Å². The number of hydrogen-bond acceptors (Lipinski definition) is 4. The predicted molar refractivity (Wildman–Crippen MR) is 130 cm³/mol. The lowest BCUT2D eigenvalue weighted by Crippen LogP contribution is -2.33. The summed E-state index contributed by atoms with van der Waals surface area (Å²) in [7, 11) is 0. The number of carbonyl (C=O) groups is 1. The van der Waals surface area contributed by atoms with Gasteiger partial charge < -0.3 is 5.32 Å². The second-order valence-corrected chi connectivity index (χ2v) is 8.88. The Labute approximate surface area is 191 Å². The molecule has 0 radical (unpaired) electrons. The highest BCUT2D eigenvalue weighted by Crippen LogP contribution is 2.23. The molecule has 1 unspecified atom stereocenters. The molecule has 3 aromatic carbocycles. The van der Waals surface area contributed by atoms with Gasteiger partial charge in [-0.3, -0.25) is 14.2 Å². The maximum atomic E-state index is 13.2. The number of nitrogens with zero attached hydrogens (tertiary/aromatic N) is 2. The zero-order valence-corrected chi connectivity index (χ0v) is 18.7. The molecular formula is C26H25N3O2S. The maximum Gasteiger partial charge on any atom is 0.262 e. The van der Waals surface area contributed by atoms with E-state index < -0.39 is 0 Å². The first-order chi connectivity index (χ1) is 15.6. The Morgan fingerprint density at radius 3 is 2.28 bits per heavy atom. The van der Waals surface area contributed by atoms with Gasteiger partial charge in [0, 0.05) is 6.54 Å². The van der Waals surface area contributed by atoms with Crippen LogP contribution in [-0.2, 0) is 17.8 Å². The van der Waals surface area contributed by atoms with Crippen molar-refractivity contribution in [3.8, 4) is 0 Å². The van der Waals surface area contributed by atoms with Gasteiger partial charge in [0.1, 0.15) is 0 Å². The number of amides is 1. The molecule has 4 aromatic rings. The summed E-state index contributed by atoms with van der Waals surface area (Å²) in [5.41, 5.74) is 2.73. The largest absolute Gasteiger partial charge is 0.355 e. The molecular weight excluding hydrogens is 418 g/mol. The Balaban J connectivity index is 1.53. The topological polar surface area (TPSA) is 64.0 Å². The lowest BCUT2D eigenvalue weighted by molar-refractivity contribution is -0.120. The molecule has 0 aliphatic rings. The van der Waals surface area contributed by atoms with Crippen LogP contribution in [0, 0.1) is 0 Å². The number of nitrogens with one attached hydrogen (secondary N) is 1. The van der Waals surface area contributed by atoms with E-state index in [1.807, 2.05) is 85.8 Å². The fourth-order valence-electron chi connectivity index (χ4n) is 3.47. The number of aromatic nitrogens is 2. The van der Waals surface area contributed by atoms with Crippen LogP contribution in [0.4, 0.5) is 0 Å². The SMILES string of the molecule is CC(Sc1nc2ccccc2c(=O)n1Cc1ccccc1)C(=O)NCCc1ccccc1. The van der Waals surface area contributed by atoms with Gasteiger partial charge in [-0.1, -0.05) is 84.6 Å². The molecule has 0 aliphatic carbocycles. The number of fused-ring (bicyclic) bond motifs is 1. The average Bonchev–Trinajstić information content (AvgIpc) is 2.83. The van der Waals surface area contributed by atoms with Crippen molar-refractivity contribution in [2.75, 3.05) is 6.54 Å². The van der Waals surface area contributed by atoms with Gasteiger partial charge in [-0.05, 0) is 36.6 Å². The Hall–Kier alpha value is -3.38. The van der Waals surface area contributed by atoms with Gasteiger partial charge in [0.15, 0.2) is 5.16 Å². The first-order valence-corrected chi connectivity index (χ1v) is 11.5. The molecule has 1 heterocycles. The van der Waals surface area contributed by atoms with Crippen LogP contribution >= 0.6 is 11.8 Å². The van der Waals surface area contributed by atoms with Crippen LogP contribution in [0.1, 0.15) is 18.1 Å². The quantitative estimate of drug-likeness (QED) is 0.326. The average molecular weight is 444 g/mol. The molecule has 6 heteroatoms. The molecule has 32 heavy (non-hydrogen) atoms. The number of rotatable bonds is 8. The van der Waals surface area contributed by atoms with Gasteiger partial charge in [0.25, 0.3) is 5.56 Å². The van der Waals surface area contributed by atoms with Crippen molar-refractivity contribution in [2.45, 2.75) is 30.3 Å². The standard InChI is InChI=1S/C26H25N3O2S/c1-19(24(30)27-17-16-20-10-4-2-5-11-20)32-26-28-23-15-9-8-14-22(23)25(31)29(26)18-21-12-6-3-7-13-21/h2-15,19H,16-18H2,1H3,(H,27,30). The van der Waals surface area contributed by atoms with Crippen molar-refractivity contribution in [1.29, 1.82) is 0 Å². The molecule has 0 spiro atoms. The van der Waals surface area contributed by atoms with E-state index in [0.29, 0.717) is 29.1 Å². The molecule has 0 fully saturated rings. The summed E-state index contributed by atoms with van der Waals surface area (Å²) in [4.78, 5) is 30.7. The summed E-state index contributed by atoms with van der Waals surface area (Å²) >= 11 is 1.31. The minimum Gasteiger partial charge on any atom is -0.355 e. The van der Waals surface area contributed by atoms with E-state index in [1.54, 1.807) is 10.6 Å². The normalized spacial score (nSPS) is 11.9. The number of carbonyl (C=O) groups excluding carboxylic acids is 1. The maximum absolute atomic E-state index is 13.2. The van der Waals surface area contributed by atoms with Crippen molar-refractivity contribution in [2.24, 2.45) is 0 Å². The highest BCUT2D eigenvalue weighted by molar-refractivity contribution is 8.00. The molecule has 1 aromatic heterocycles. The fraction of sp³-hybridized carbons (Fsp3) is 0.192. The first-order valence-electron chi connectivity index (χ1n) is 10.6. The zero-order chi connectivity index (χ0) is 22.3. The Morgan fingerprint density at radius 2 is 1.56 bits per heavy atom. The smallest absolute Gasteiger partial charge is 0.262 e. The minimum absolute atomic E-state index is 0.0698. The number of hydrogen-bond donors (Lipinski definition) is 1. The van der Waals surface area contributed by atoms with Crippen LogP contribution in [0.2, 0.25) is 0 Å². The van der Waals surface area contributed by atoms with E-state index in [0.717, 1.165) is 12.0 Å². The zero-order valence-electron chi connectivity index (χ0n) is 17.9.